The summed E-state index contributed by atoms with van der Waals surface area (Å²) in [6.45, 7) is 2.83. The first-order valence-electron chi connectivity index (χ1n) is 8.01. The van der Waals surface area contributed by atoms with Gasteiger partial charge in [-0.1, -0.05) is 17.3 Å². The molecule has 7 nitrogen and oxygen atoms in total. The van der Waals surface area contributed by atoms with Gasteiger partial charge in [0, 0.05) is 18.7 Å². The predicted octanol–water partition coefficient (Wildman–Crippen LogP) is 2.54. The first-order valence-corrected chi connectivity index (χ1v) is 8.01. The molecule has 0 spiro atoms. The van der Waals surface area contributed by atoms with Crippen LogP contribution in [0.1, 0.15) is 34.4 Å². The molecule has 1 atom stereocenters. The maximum Gasteiger partial charge on any atom is 0.257 e. The van der Waals surface area contributed by atoms with E-state index < -0.39 is 5.82 Å². The van der Waals surface area contributed by atoms with Gasteiger partial charge in [-0.2, -0.15) is 10.1 Å². The topological polar surface area (TPSA) is 87.9 Å². The fourth-order valence-corrected chi connectivity index (χ4v) is 3.11. The number of hydrogen-bond donors (Lipinski definition) is 1. The number of aromatic nitrogens is 4. The minimum atomic E-state index is -0.401. The Labute approximate surface area is 142 Å². The van der Waals surface area contributed by atoms with E-state index in [9.17, 15) is 9.18 Å². The molecule has 128 valence electrons. The summed E-state index contributed by atoms with van der Waals surface area (Å²) in [5.74, 6) is 0.562. The zero-order chi connectivity index (χ0) is 17.4. The molecule has 8 heteroatoms. The number of hydrogen-bond acceptors (Lipinski definition) is 5. The number of likely N-dealkylation sites (tertiary alicyclic amines) is 1. The summed E-state index contributed by atoms with van der Waals surface area (Å²) in [6.07, 6.45) is 2.19. The van der Waals surface area contributed by atoms with Gasteiger partial charge in [-0.25, -0.2) is 4.39 Å². The Morgan fingerprint density at radius 2 is 2.24 bits per heavy atom. The minimum absolute atomic E-state index is 0.0222. The Bertz CT molecular complexity index is 919. The van der Waals surface area contributed by atoms with E-state index in [2.05, 4.69) is 20.3 Å². The van der Waals surface area contributed by atoms with Crippen molar-refractivity contribution in [2.45, 2.75) is 19.3 Å². The molecule has 1 aliphatic heterocycles. The van der Waals surface area contributed by atoms with Gasteiger partial charge in [-0.3, -0.25) is 9.89 Å². The summed E-state index contributed by atoms with van der Waals surface area (Å²) in [5, 5.41) is 10.5. The van der Waals surface area contributed by atoms with Gasteiger partial charge in [-0.15, -0.1) is 0 Å². The summed E-state index contributed by atoms with van der Waals surface area (Å²) < 4.78 is 19.3. The third kappa shape index (κ3) is 2.79. The van der Waals surface area contributed by atoms with Gasteiger partial charge < -0.3 is 9.42 Å². The Morgan fingerprint density at radius 1 is 1.40 bits per heavy atom. The number of aromatic amines is 1. The molecule has 0 aliphatic carbocycles. The van der Waals surface area contributed by atoms with Gasteiger partial charge in [0.2, 0.25) is 5.89 Å². The predicted molar refractivity (Wildman–Crippen MR) is 86.3 cm³/mol. The van der Waals surface area contributed by atoms with Crippen molar-refractivity contribution < 1.29 is 13.7 Å². The first-order chi connectivity index (χ1) is 12.1. The Hall–Kier alpha value is -3.03. The third-order valence-electron chi connectivity index (χ3n) is 4.38. The van der Waals surface area contributed by atoms with Crippen LogP contribution >= 0.6 is 0 Å². The fraction of sp³-hybridized carbons (Fsp3) is 0.294. The van der Waals surface area contributed by atoms with E-state index in [0.717, 1.165) is 6.42 Å². The van der Waals surface area contributed by atoms with Gasteiger partial charge >= 0.3 is 0 Å². The molecule has 0 saturated carbocycles. The lowest BCUT2D eigenvalue weighted by Crippen LogP contribution is -2.28. The summed E-state index contributed by atoms with van der Waals surface area (Å²) in [4.78, 5) is 18.8. The van der Waals surface area contributed by atoms with Crippen LogP contribution in [0.15, 0.2) is 35.0 Å². The molecule has 1 N–H and O–H groups in total. The van der Waals surface area contributed by atoms with E-state index in [1.54, 1.807) is 30.0 Å². The van der Waals surface area contributed by atoms with Crippen molar-refractivity contribution in [1.29, 1.82) is 0 Å². The average Bonchev–Trinajstić information content (AvgIpc) is 3.34. The lowest BCUT2D eigenvalue weighted by Gasteiger charge is -2.16. The first kappa shape index (κ1) is 15.5. The monoisotopic (exact) mass is 341 g/mol. The van der Waals surface area contributed by atoms with Crippen molar-refractivity contribution in [3.05, 3.63) is 53.6 Å². The molecule has 1 amide bonds. The van der Waals surface area contributed by atoms with E-state index in [0.29, 0.717) is 41.6 Å². The molecule has 3 aromatic rings. The molecule has 1 fully saturated rings. The second-order valence-electron chi connectivity index (χ2n) is 6.06. The van der Waals surface area contributed by atoms with Gasteiger partial charge in [0.25, 0.3) is 5.91 Å². The average molecular weight is 341 g/mol. The van der Waals surface area contributed by atoms with Gasteiger partial charge in [0.05, 0.1) is 23.4 Å². The number of H-pyrrole nitrogens is 1. The molecular weight excluding hydrogens is 325 g/mol. The Balaban J connectivity index is 1.57. The van der Waals surface area contributed by atoms with Crippen molar-refractivity contribution in [2.24, 2.45) is 0 Å². The van der Waals surface area contributed by atoms with Crippen molar-refractivity contribution >= 4 is 5.91 Å². The molecule has 2 aromatic heterocycles. The second-order valence-corrected chi connectivity index (χ2v) is 6.06. The van der Waals surface area contributed by atoms with Crippen LogP contribution in [0, 0.1) is 12.7 Å². The molecule has 0 bridgehead atoms. The lowest BCUT2D eigenvalue weighted by molar-refractivity contribution is 0.0790. The Kier molecular flexibility index (Phi) is 3.79. The van der Waals surface area contributed by atoms with Gasteiger partial charge in [0.1, 0.15) is 5.82 Å². The van der Waals surface area contributed by atoms with Crippen LogP contribution in [-0.4, -0.2) is 44.2 Å². The number of carbonyl (C=O) groups excluding carboxylic acids is 1. The number of amides is 1. The zero-order valence-electron chi connectivity index (χ0n) is 13.6. The Morgan fingerprint density at radius 3 is 3.00 bits per heavy atom. The minimum Gasteiger partial charge on any atom is -0.339 e. The highest BCUT2D eigenvalue weighted by Gasteiger charge is 2.33. The third-order valence-corrected chi connectivity index (χ3v) is 4.38. The molecule has 3 heterocycles. The van der Waals surface area contributed by atoms with Crippen LogP contribution in [0.2, 0.25) is 0 Å². The largest absolute Gasteiger partial charge is 0.339 e. The van der Waals surface area contributed by atoms with E-state index in [1.165, 1.54) is 12.3 Å². The maximum atomic E-state index is 14.1. The fourth-order valence-electron chi connectivity index (χ4n) is 3.11. The van der Waals surface area contributed by atoms with Crippen molar-refractivity contribution in [2.75, 3.05) is 13.1 Å². The van der Waals surface area contributed by atoms with Crippen LogP contribution in [0.5, 0.6) is 0 Å². The number of halogens is 1. The van der Waals surface area contributed by atoms with E-state index in [4.69, 9.17) is 4.52 Å². The highest BCUT2D eigenvalue weighted by Crippen LogP contribution is 2.30. The lowest BCUT2D eigenvalue weighted by atomic mass is 10.1. The van der Waals surface area contributed by atoms with Crippen LogP contribution in [0.25, 0.3) is 11.3 Å². The number of benzene rings is 1. The molecular formula is C17H16FN5O2. The molecule has 1 aromatic carbocycles. The normalized spacial score (nSPS) is 17.2. The summed E-state index contributed by atoms with van der Waals surface area (Å²) in [6, 6.07) is 6.30. The van der Waals surface area contributed by atoms with E-state index in [1.807, 2.05) is 0 Å². The SMILES string of the molecule is Cc1noc([C@H]2CCN(C(=O)c3cn[nH]c3-c3ccccc3F)C2)n1. The van der Waals surface area contributed by atoms with Crippen LogP contribution in [0.4, 0.5) is 4.39 Å². The van der Waals surface area contributed by atoms with Crippen LogP contribution in [0.3, 0.4) is 0 Å². The quantitative estimate of drug-likeness (QED) is 0.791. The summed E-state index contributed by atoms with van der Waals surface area (Å²) >= 11 is 0. The highest BCUT2D eigenvalue weighted by atomic mass is 19.1. The van der Waals surface area contributed by atoms with Crippen molar-refractivity contribution in [3.8, 4) is 11.3 Å². The molecule has 0 unspecified atom stereocenters. The second kappa shape index (κ2) is 6.12. The van der Waals surface area contributed by atoms with Gasteiger partial charge in [0.15, 0.2) is 5.82 Å². The zero-order valence-corrected chi connectivity index (χ0v) is 13.6. The molecule has 1 saturated heterocycles. The van der Waals surface area contributed by atoms with E-state index >= 15 is 0 Å². The number of rotatable bonds is 3. The number of nitrogens with zero attached hydrogens (tertiary/aromatic N) is 4. The summed E-state index contributed by atoms with van der Waals surface area (Å²) in [5.41, 5.74) is 1.07. The maximum absolute atomic E-state index is 14.1. The van der Waals surface area contributed by atoms with Crippen LogP contribution in [-0.2, 0) is 0 Å². The van der Waals surface area contributed by atoms with Gasteiger partial charge in [-0.05, 0) is 25.5 Å². The number of aryl methyl sites for hydroxylation is 1. The van der Waals surface area contributed by atoms with E-state index in [-0.39, 0.29) is 11.8 Å². The summed E-state index contributed by atoms with van der Waals surface area (Å²) in [7, 11) is 0. The highest BCUT2D eigenvalue weighted by molar-refractivity contribution is 6.00. The van der Waals surface area contributed by atoms with Crippen molar-refractivity contribution in [1.82, 2.24) is 25.2 Å². The van der Waals surface area contributed by atoms with Crippen LogP contribution < -0.4 is 0 Å². The number of nitrogens with one attached hydrogen (secondary N) is 1. The molecule has 1 aliphatic rings. The smallest absolute Gasteiger partial charge is 0.257 e. The van der Waals surface area contributed by atoms with Crippen molar-refractivity contribution in [3.63, 3.8) is 0 Å². The standard InChI is InChI=1S/C17H16FN5O2/c1-10-20-16(25-22-10)11-6-7-23(9-11)17(24)13-8-19-21-15(13)12-4-2-3-5-14(12)18/h2-5,8,11H,6-7,9H2,1H3,(H,19,21)/t11-/m0/s1. The molecule has 25 heavy (non-hydrogen) atoms. The molecule has 4 rings (SSSR count). The molecule has 0 radical (unpaired) electrons. The number of carbonyl (C=O) groups is 1.